The lowest BCUT2D eigenvalue weighted by atomic mass is 9.97. The van der Waals surface area contributed by atoms with E-state index in [1.165, 1.54) is 23.5 Å². The maximum atomic E-state index is 11.5. The highest BCUT2D eigenvalue weighted by Gasteiger charge is 2.41. The van der Waals surface area contributed by atoms with Crippen LogP contribution in [0.1, 0.15) is 29.6 Å². The van der Waals surface area contributed by atoms with Crippen molar-refractivity contribution in [1.29, 1.82) is 10.5 Å². The quantitative estimate of drug-likeness (QED) is 0.106. The van der Waals surface area contributed by atoms with Gasteiger partial charge in [-0.2, -0.15) is 10.5 Å². The molecule has 0 bridgehead atoms. The standard InChI is InChI=1S/C50H33N3O8S7/c51-22-26(49(54)55)14-29-18-35-37(62-29)20-39(65-35)47-43-41(58-10-12-60-43)45(67-47)24-6-8-31-33(16-24)64-34-17-25(7-9-32(34)53(31)28-4-2-1-3-5-28)46-42-44(61-13-11-59-42)48(68-46)40-21-38-36(66-40)19-30(63-38)15-27(23-52)50(56)57/h1-9,14-20,31,33,35,37,40H,10-13,21H2,(H,54,55)(H,56,57)/b26-14+,27-15+. The number of benzene rings is 2. The molecule has 338 valence electrons. The second-order valence-corrected chi connectivity index (χ2v) is 24.3. The van der Waals surface area contributed by atoms with E-state index in [1.54, 1.807) is 70.1 Å². The summed E-state index contributed by atoms with van der Waals surface area (Å²) in [6.07, 6.45) is 14.8. The second-order valence-electron chi connectivity index (χ2n) is 16.2. The molecule has 5 unspecified atom stereocenters. The Bertz CT molecular complexity index is 3250. The number of nitrogens with zero attached hydrogens (tertiary/aromatic N) is 3. The highest BCUT2D eigenvalue weighted by atomic mass is 32.2. The normalized spacial score (nSPS) is 23.1. The number of rotatable bonds is 9. The number of hydrogen-bond donors (Lipinski definition) is 2. The number of carboxylic acid groups (broad SMARTS) is 2. The number of para-hydroxylation sites is 1. The fraction of sp³-hybridized carbons (Fsp3) is 0.200. The van der Waals surface area contributed by atoms with Gasteiger partial charge in [0.1, 0.15) is 49.7 Å². The Morgan fingerprint density at radius 3 is 2.12 bits per heavy atom. The molecule has 0 fully saturated rings. The molecular formula is C50H33N3O8S7. The van der Waals surface area contributed by atoms with Crippen molar-refractivity contribution in [3.05, 3.63) is 131 Å². The van der Waals surface area contributed by atoms with Gasteiger partial charge in [0.2, 0.25) is 0 Å². The smallest absolute Gasteiger partial charge is 0.346 e. The fourth-order valence-electron chi connectivity index (χ4n) is 9.08. The zero-order chi connectivity index (χ0) is 46.2. The minimum absolute atomic E-state index is 0.0318. The van der Waals surface area contributed by atoms with Crippen LogP contribution in [0.5, 0.6) is 23.0 Å². The van der Waals surface area contributed by atoms with E-state index in [9.17, 15) is 30.3 Å². The third kappa shape index (κ3) is 7.67. The Kier molecular flexibility index (Phi) is 11.3. The Hall–Kier alpha value is -5.70. The minimum Gasteiger partial charge on any atom is -0.485 e. The van der Waals surface area contributed by atoms with Crippen LogP contribution in [0.25, 0.3) is 27.0 Å². The molecule has 6 aliphatic heterocycles. The van der Waals surface area contributed by atoms with Crippen LogP contribution >= 0.6 is 81.1 Å². The van der Waals surface area contributed by atoms with Gasteiger partial charge in [-0.3, -0.25) is 0 Å². The summed E-state index contributed by atoms with van der Waals surface area (Å²) in [6.45, 7) is 1.84. The molecule has 1 aliphatic carbocycles. The van der Waals surface area contributed by atoms with Gasteiger partial charge in [0.05, 0.1) is 41.7 Å². The lowest BCUT2D eigenvalue weighted by Gasteiger charge is -2.42. The SMILES string of the molecule is N#C/C(=C\C1=CC2SC(c3sc(C4=CC5Sc6cc(-c7sc(C8Cc9sc(/C=C(\C#N)C(=O)O)cc9S8)c8c7OCCO8)ccc6N(c6ccccc6)C5C=C4)c4c3OCCO4)=CC2S1)C(=O)O. The lowest BCUT2D eigenvalue weighted by molar-refractivity contribution is -0.133. The van der Waals surface area contributed by atoms with Crippen molar-refractivity contribution in [3.8, 4) is 45.6 Å². The topological polar surface area (TPSA) is 162 Å². The van der Waals surface area contributed by atoms with Crippen molar-refractivity contribution in [2.45, 2.75) is 43.3 Å². The first-order chi connectivity index (χ1) is 33.2. The number of carboxylic acids is 2. The van der Waals surface area contributed by atoms with Gasteiger partial charge >= 0.3 is 11.9 Å². The summed E-state index contributed by atoms with van der Waals surface area (Å²) in [5.74, 6) is 0.637. The molecular weight excluding hydrogens is 995 g/mol. The van der Waals surface area contributed by atoms with E-state index < -0.39 is 11.9 Å². The molecule has 3 aromatic heterocycles. The van der Waals surface area contributed by atoms with Crippen LogP contribution in [-0.4, -0.2) is 70.4 Å². The number of carbonyl (C=O) groups is 2. The molecule has 11 nitrogen and oxygen atoms in total. The minimum atomic E-state index is -1.23. The van der Waals surface area contributed by atoms with Crippen molar-refractivity contribution >= 4 is 121 Å². The fourth-order valence-corrected chi connectivity index (χ4v) is 18.7. The van der Waals surface area contributed by atoms with E-state index in [0.29, 0.717) is 26.4 Å². The van der Waals surface area contributed by atoms with Crippen LogP contribution < -0.4 is 23.8 Å². The number of allylic oxidation sites excluding steroid dienone is 3. The zero-order valence-corrected chi connectivity index (χ0v) is 40.9. The van der Waals surface area contributed by atoms with E-state index in [2.05, 4.69) is 71.7 Å². The number of thiophene rings is 3. The summed E-state index contributed by atoms with van der Waals surface area (Å²) in [5.41, 5.74) is 3.80. The Morgan fingerprint density at radius 2 is 1.40 bits per heavy atom. The summed E-state index contributed by atoms with van der Waals surface area (Å²) in [4.78, 5) is 35.7. The number of ether oxygens (including phenoxy) is 4. The number of anilines is 2. The predicted octanol–water partition coefficient (Wildman–Crippen LogP) is 12.1. The van der Waals surface area contributed by atoms with Crippen LogP contribution in [0.3, 0.4) is 0 Å². The lowest BCUT2D eigenvalue weighted by Crippen LogP contribution is -2.41. The molecule has 0 saturated carbocycles. The molecule has 2 N–H and O–H groups in total. The van der Waals surface area contributed by atoms with Crippen molar-refractivity contribution in [2.75, 3.05) is 31.3 Å². The Labute approximate surface area is 418 Å². The van der Waals surface area contributed by atoms with Crippen molar-refractivity contribution in [3.63, 3.8) is 0 Å². The number of thioether (sulfide) groups is 4. The van der Waals surface area contributed by atoms with E-state index >= 15 is 0 Å². The molecule has 9 heterocycles. The van der Waals surface area contributed by atoms with Crippen LogP contribution in [0, 0.1) is 22.7 Å². The average molecular weight is 1030 g/mol. The molecule has 7 aliphatic rings. The van der Waals surface area contributed by atoms with Gasteiger partial charge in [-0.1, -0.05) is 54.6 Å². The highest BCUT2D eigenvalue weighted by molar-refractivity contribution is 8.12. The van der Waals surface area contributed by atoms with Gasteiger partial charge in [0.15, 0.2) is 23.0 Å². The molecule has 5 atom stereocenters. The second kappa shape index (κ2) is 17.7. The van der Waals surface area contributed by atoms with Crippen LogP contribution in [0.4, 0.5) is 11.4 Å². The van der Waals surface area contributed by atoms with Gasteiger partial charge in [-0.15, -0.1) is 81.1 Å². The molecule has 0 saturated heterocycles. The number of nitriles is 2. The van der Waals surface area contributed by atoms with E-state index in [1.807, 2.05) is 30.0 Å². The maximum Gasteiger partial charge on any atom is 0.346 e. The number of fused-ring (bicyclic) bond motifs is 6. The molecule has 0 spiro atoms. The number of aliphatic carboxylic acids is 2. The third-order valence-electron chi connectivity index (χ3n) is 12.0. The van der Waals surface area contributed by atoms with Gasteiger partial charge in [-0.25, -0.2) is 9.59 Å². The summed E-state index contributed by atoms with van der Waals surface area (Å²) in [5, 5.41) is 37.7. The average Bonchev–Trinajstić information content (AvgIpc) is 4.21. The van der Waals surface area contributed by atoms with Crippen LogP contribution in [0.15, 0.2) is 117 Å². The molecule has 5 aromatic rings. The molecule has 12 rings (SSSR count). The first-order valence-corrected chi connectivity index (χ1v) is 27.4. The first-order valence-electron chi connectivity index (χ1n) is 21.4. The molecule has 18 heteroatoms. The van der Waals surface area contributed by atoms with E-state index in [-0.39, 0.29) is 38.2 Å². The van der Waals surface area contributed by atoms with Gasteiger partial charge in [0.25, 0.3) is 0 Å². The summed E-state index contributed by atoms with van der Waals surface area (Å²) < 4.78 is 25.5. The summed E-state index contributed by atoms with van der Waals surface area (Å²) >= 11 is 11.8. The number of hydrogen-bond acceptors (Lipinski definition) is 16. The van der Waals surface area contributed by atoms with Crippen molar-refractivity contribution in [2.24, 2.45) is 0 Å². The van der Waals surface area contributed by atoms with E-state index in [4.69, 9.17) is 18.9 Å². The molecule has 68 heavy (non-hydrogen) atoms. The third-order valence-corrected chi connectivity index (χ3v) is 21.4. The van der Waals surface area contributed by atoms with Gasteiger partial charge < -0.3 is 34.1 Å². The van der Waals surface area contributed by atoms with Gasteiger partial charge in [-0.05, 0) is 53.6 Å². The zero-order valence-electron chi connectivity index (χ0n) is 35.2. The van der Waals surface area contributed by atoms with Gasteiger partial charge in [0, 0.05) is 52.0 Å². The Balaban J connectivity index is 0.858. The van der Waals surface area contributed by atoms with Crippen molar-refractivity contribution < 1.29 is 38.7 Å². The van der Waals surface area contributed by atoms with Crippen LogP contribution in [0.2, 0.25) is 0 Å². The summed E-state index contributed by atoms with van der Waals surface area (Å²) in [6, 6.07) is 22.8. The highest BCUT2D eigenvalue weighted by Crippen LogP contribution is 2.61. The molecule has 2 aromatic carbocycles. The molecule has 0 amide bonds. The Morgan fingerprint density at radius 1 is 0.691 bits per heavy atom. The van der Waals surface area contributed by atoms with Crippen molar-refractivity contribution in [1.82, 2.24) is 0 Å². The first kappa shape index (κ1) is 43.6. The molecule has 0 radical (unpaired) electrons. The predicted molar refractivity (Wildman–Crippen MR) is 273 cm³/mol. The maximum absolute atomic E-state index is 11.5. The monoisotopic (exact) mass is 1030 g/mol. The largest absolute Gasteiger partial charge is 0.485 e. The summed E-state index contributed by atoms with van der Waals surface area (Å²) in [7, 11) is 0. The van der Waals surface area contributed by atoms with Crippen LogP contribution in [-0.2, 0) is 16.0 Å². The van der Waals surface area contributed by atoms with E-state index in [0.717, 1.165) is 101 Å².